The van der Waals surface area contributed by atoms with E-state index in [1.54, 1.807) is 30.3 Å². The molecule has 0 radical (unpaired) electrons. The number of carbonyl (C=O) groups is 1. The SMILES string of the molecule is NC(=O)c1ccc(Nc2c(Cl)cccc2Cl)c(N)c1. The van der Waals surface area contributed by atoms with Crippen molar-refractivity contribution in [3.63, 3.8) is 0 Å². The third kappa shape index (κ3) is 2.92. The van der Waals surface area contributed by atoms with Crippen LogP contribution in [0.4, 0.5) is 17.1 Å². The van der Waals surface area contributed by atoms with Crippen LogP contribution in [-0.4, -0.2) is 5.91 Å². The number of benzene rings is 2. The summed E-state index contributed by atoms with van der Waals surface area (Å²) in [7, 11) is 0. The maximum Gasteiger partial charge on any atom is 0.248 e. The Morgan fingerprint density at radius 2 is 1.74 bits per heavy atom. The normalized spacial score (nSPS) is 10.2. The highest BCUT2D eigenvalue weighted by atomic mass is 35.5. The van der Waals surface area contributed by atoms with E-state index in [0.717, 1.165) is 0 Å². The van der Waals surface area contributed by atoms with E-state index in [-0.39, 0.29) is 0 Å². The van der Waals surface area contributed by atoms with Crippen LogP contribution in [0, 0.1) is 0 Å². The first-order valence-electron chi connectivity index (χ1n) is 5.39. The summed E-state index contributed by atoms with van der Waals surface area (Å²) in [6.45, 7) is 0. The van der Waals surface area contributed by atoms with Gasteiger partial charge in [-0.15, -0.1) is 0 Å². The third-order valence-corrected chi connectivity index (χ3v) is 3.19. The van der Waals surface area contributed by atoms with Gasteiger partial charge in [0, 0.05) is 5.56 Å². The van der Waals surface area contributed by atoms with Crippen molar-refractivity contribution in [3.05, 3.63) is 52.0 Å². The zero-order chi connectivity index (χ0) is 14.0. The number of halogens is 2. The standard InChI is InChI=1S/C13H11Cl2N3O/c14-8-2-1-3-9(15)12(8)18-11-5-4-7(13(17)19)6-10(11)16/h1-6,18H,16H2,(H2,17,19). The van der Waals surface area contributed by atoms with Gasteiger partial charge in [0.15, 0.2) is 0 Å². The van der Waals surface area contributed by atoms with Gasteiger partial charge in [0.1, 0.15) is 0 Å². The Morgan fingerprint density at radius 3 is 2.26 bits per heavy atom. The number of amides is 1. The zero-order valence-corrected chi connectivity index (χ0v) is 11.3. The quantitative estimate of drug-likeness (QED) is 0.759. The van der Waals surface area contributed by atoms with Crippen molar-refractivity contribution in [2.45, 2.75) is 0 Å². The molecule has 0 spiro atoms. The van der Waals surface area contributed by atoms with Crippen molar-refractivity contribution in [1.29, 1.82) is 0 Å². The summed E-state index contributed by atoms with van der Waals surface area (Å²) in [5, 5.41) is 3.99. The lowest BCUT2D eigenvalue weighted by Gasteiger charge is -2.12. The summed E-state index contributed by atoms with van der Waals surface area (Å²) >= 11 is 12.1. The van der Waals surface area contributed by atoms with Crippen molar-refractivity contribution < 1.29 is 4.79 Å². The Bertz CT molecular complexity index is 624. The first kappa shape index (κ1) is 13.5. The highest BCUT2D eigenvalue weighted by Crippen LogP contribution is 2.34. The Balaban J connectivity index is 2.36. The van der Waals surface area contributed by atoms with Crippen LogP contribution in [0.15, 0.2) is 36.4 Å². The Hall–Kier alpha value is -1.91. The van der Waals surface area contributed by atoms with Crippen LogP contribution >= 0.6 is 23.2 Å². The topological polar surface area (TPSA) is 81.1 Å². The third-order valence-electron chi connectivity index (χ3n) is 2.56. The second-order valence-corrected chi connectivity index (χ2v) is 4.70. The largest absolute Gasteiger partial charge is 0.397 e. The molecule has 1 amide bonds. The van der Waals surface area contributed by atoms with Crippen LogP contribution in [0.2, 0.25) is 10.0 Å². The highest BCUT2D eigenvalue weighted by Gasteiger charge is 2.09. The molecule has 2 aromatic carbocycles. The van der Waals surface area contributed by atoms with Crippen LogP contribution in [0.25, 0.3) is 0 Å². The molecule has 2 rings (SSSR count). The first-order chi connectivity index (χ1) is 8.99. The van der Waals surface area contributed by atoms with Crippen molar-refractivity contribution in [3.8, 4) is 0 Å². The van der Waals surface area contributed by atoms with Gasteiger partial charge in [-0.25, -0.2) is 0 Å². The summed E-state index contributed by atoms with van der Waals surface area (Å²) in [6, 6.07) is 9.89. The van der Waals surface area contributed by atoms with E-state index < -0.39 is 5.91 Å². The molecular weight excluding hydrogens is 285 g/mol. The average Bonchev–Trinajstić information content (AvgIpc) is 2.35. The Kier molecular flexibility index (Phi) is 3.83. The lowest BCUT2D eigenvalue weighted by Crippen LogP contribution is -2.11. The summed E-state index contributed by atoms with van der Waals surface area (Å²) in [6.07, 6.45) is 0. The molecule has 98 valence electrons. The zero-order valence-electron chi connectivity index (χ0n) is 9.78. The lowest BCUT2D eigenvalue weighted by molar-refractivity contribution is 0.100. The predicted octanol–water partition coefficient (Wildman–Crippen LogP) is 3.42. The van der Waals surface area contributed by atoms with E-state index in [2.05, 4.69) is 5.32 Å². The van der Waals surface area contributed by atoms with Crippen LogP contribution in [0.5, 0.6) is 0 Å². The maximum atomic E-state index is 11.0. The average molecular weight is 296 g/mol. The molecule has 0 bridgehead atoms. The van der Waals surface area contributed by atoms with Crippen molar-refractivity contribution in [1.82, 2.24) is 0 Å². The number of hydrogen-bond donors (Lipinski definition) is 3. The van der Waals surface area contributed by atoms with E-state index in [1.807, 2.05) is 0 Å². The first-order valence-corrected chi connectivity index (χ1v) is 6.15. The van der Waals surface area contributed by atoms with Gasteiger partial charge in [0.25, 0.3) is 0 Å². The minimum absolute atomic E-state index is 0.341. The summed E-state index contributed by atoms with van der Waals surface area (Å²) in [5.41, 5.74) is 12.9. The predicted molar refractivity (Wildman–Crippen MR) is 79.1 cm³/mol. The van der Waals surface area contributed by atoms with Gasteiger partial charge in [-0.2, -0.15) is 0 Å². The molecule has 5 N–H and O–H groups in total. The monoisotopic (exact) mass is 295 g/mol. The molecule has 0 aliphatic carbocycles. The van der Waals surface area contributed by atoms with E-state index in [0.29, 0.717) is 32.7 Å². The van der Waals surface area contributed by atoms with Gasteiger partial charge in [-0.05, 0) is 30.3 Å². The number of nitrogens with two attached hydrogens (primary N) is 2. The van der Waals surface area contributed by atoms with E-state index in [9.17, 15) is 4.79 Å². The van der Waals surface area contributed by atoms with Gasteiger partial charge >= 0.3 is 0 Å². The molecule has 0 atom stereocenters. The fourth-order valence-electron chi connectivity index (χ4n) is 1.58. The number of carbonyl (C=O) groups excluding carboxylic acids is 1. The van der Waals surface area contributed by atoms with Crippen LogP contribution in [-0.2, 0) is 0 Å². The minimum Gasteiger partial charge on any atom is -0.397 e. The number of rotatable bonds is 3. The minimum atomic E-state index is -0.533. The number of primary amides is 1. The molecular formula is C13H11Cl2N3O. The Morgan fingerprint density at radius 1 is 1.11 bits per heavy atom. The summed E-state index contributed by atoms with van der Waals surface area (Å²) in [5.74, 6) is -0.533. The van der Waals surface area contributed by atoms with E-state index in [1.165, 1.54) is 6.07 Å². The van der Waals surface area contributed by atoms with E-state index >= 15 is 0 Å². The van der Waals surface area contributed by atoms with Gasteiger partial charge in [0.05, 0.1) is 27.1 Å². The molecule has 6 heteroatoms. The molecule has 0 aromatic heterocycles. The molecule has 2 aromatic rings. The number of hydrogen-bond acceptors (Lipinski definition) is 3. The van der Waals surface area contributed by atoms with E-state index in [4.69, 9.17) is 34.7 Å². The fraction of sp³-hybridized carbons (Fsp3) is 0. The number of nitrogen functional groups attached to an aromatic ring is 1. The van der Waals surface area contributed by atoms with Crippen LogP contribution in [0.1, 0.15) is 10.4 Å². The molecule has 0 fully saturated rings. The maximum absolute atomic E-state index is 11.0. The number of para-hydroxylation sites is 1. The van der Waals surface area contributed by atoms with Gasteiger partial charge in [0.2, 0.25) is 5.91 Å². The molecule has 0 aliphatic rings. The second kappa shape index (κ2) is 5.38. The van der Waals surface area contributed by atoms with Crippen molar-refractivity contribution >= 4 is 46.2 Å². The number of nitrogens with one attached hydrogen (secondary N) is 1. The molecule has 0 unspecified atom stereocenters. The lowest BCUT2D eigenvalue weighted by atomic mass is 10.1. The van der Waals surface area contributed by atoms with Gasteiger partial charge in [-0.3, -0.25) is 4.79 Å². The summed E-state index contributed by atoms with van der Waals surface area (Å²) < 4.78 is 0. The Labute approximate surface area is 120 Å². The van der Waals surface area contributed by atoms with Crippen LogP contribution < -0.4 is 16.8 Å². The van der Waals surface area contributed by atoms with Crippen molar-refractivity contribution in [2.75, 3.05) is 11.1 Å². The smallest absolute Gasteiger partial charge is 0.248 e. The molecule has 19 heavy (non-hydrogen) atoms. The molecule has 4 nitrogen and oxygen atoms in total. The van der Waals surface area contributed by atoms with Crippen LogP contribution in [0.3, 0.4) is 0 Å². The second-order valence-electron chi connectivity index (χ2n) is 3.89. The van der Waals surface area contributed by atoms with Crippen molar-refractivity contribution in [2.24, 2.45) is 5.73 Å². The number of anilines is 3. The fourth-order valence-corrected chi connectivity index (χ4v) is 2.07. The van der Waals surface area contributed by atoms with Gasteiger partial charge in [-0.1, -0.05) is 29.3 Å². The van der Waals surface area contributed by atoms with Gasteiger partial charge < -0.3 is 16.8 Å². The molecule has 0 aliphatic heterocycles. The highest BCUT2D eigenvalue weighted by molar-refractivity contribution is 6.39. The molecule has 0 heterocycles. The summed E-state index contributed by atoms with van der Waals surface area (Å²) in [4.78, 5) is 11.0. The molecule has 0 saturated heterocycles. The molecule has 0 saturated carbocycles.